The first-order valence-electron chi connectivity index (χ1n) is 9.11. The maximum absolute atomic E-state index is 11.9. The Balaban J connectivity index is 1.89. The van der Waals surface area contributed by atoms with Crippen molar-refractivity contribution in [3.05, 3.63) is 24.0 Å². The third-order valence-corrected chi connectivity index (χ3v) is 4.63. The van der Waals surface area contributed by atoms with Gasteiger partial charge in [0.15, 0.2) is 0 Å². The minimum atomic E-state index is -0.0240. The molecule has 2 aromatic rings. The molecule has 0 spiro atoms. The summed E-state index contributed by atoms with van der Waals surface area (Å²) in [7, 11) is 0. The second kappa shape index (κ2) is 7.34. The molecule has 24 heavy (non-hydrogen) atoms. The smallest absolute Gasteiger partial charge is 0.226 e. The second-order valence-electron chi connectivity index (χ2n) is 7.01. The third kappa shape index (κ3) is 3.61. The van der Waals surface area contributed by atoms with Crippen LogP contribution in [0.1, 0.15) is 45.9 Å². The van der Waals surface area contributed by atoms with Crippen molar-refractivity contribution in [2.24, 2.45) is 5.92 Å². The van der Waals surface area contributed by atoms with Gasteiger partial charge in [0.2, 0.25) is 5.91 Å². The first-order chi connectivity index (χ1) is 11.6. The number of nitrogens with zero attached hydrogens (tertiary/aromatic N) is 3. The maximum Gasteiger partial charge on any atom is 0.226 e. The molecular weight excluding hydrogens is 300 g/mol. The van der Waals surface area contributed by atoms with Gasteiger partial charge >= 0.3 is 0 Å². The Kier molecular flexibility index (Phi) is 5.19. The zero-order valence-electron chi connectivity index (χ0n) is 15.0. The van der Waals surface area contributed by atoms with Gasteiger partial charge in [0.05, 0.1) is 17.6 Å². The molecule has 0 aliphatic carbocycles. The summed E-state index contributed by atoms with van der Waals surface area (Å²) in [5.74, 6) is 1.16. The van der Waals surface area contributed by atoms with Gasteiger partial charge in [0.1, 0.15) is 5.82 Å². The normalized spacial score (nSPS) is 15.5. The largest absolute Gasteiger partial charge is 0.327 e. The summed E-state index contributed by atoms with van der Waals surface area (Å²) in [5, 5.41) is 2.97. The van der Waals surface area contributed by atoms with E-state index in [2.05, 4.69) is 27.8 Å². The number of hydrogen-bond donors (Lipinski definition) is 1. The molecule has 0 unspecified atom stereocenters. The zero-order chi connectivity index (χ0) is 17.1. The summed E-state index contributed by atoms with van der Waals surface area (Å²) in [6.45, 7) is 10.2. The van der Waals surface area contributed by atoms with Crippen molar-refractivity contribution < 1.29 is 4.79 Å². The fourth-order valence-corrected chi connectivity index (χ4v) is 3.28. The second-order valence-corrected chi connectivity index (χ2v) is 7.01. The summed E-state index contributed by atoms with van der Waals surface area (Å²) >= 11 is 0. The Morgan fingerprint density at radius 1 is 1.29 bits per heavy atom. The van der Waals surface area contributed by atoms with Crippen LogP contribution in [0.3, 0.4) is 0 Å². The van der Waals surface area contributed by atoms with Crippen LogP contribution < -0.4 is 5.32 Å². The van der Waals surface area contributed by atoms with Gasteiger partial charge in [0.25, 0.3) is 0 Å². The third-order valence-electron chi connectivity index (χ3n) is 4.63. The molecule has 2 heterocycles. The van der Waals surface area contributed by atoms with Gasteiger partial charge in [-0.1, -0.05) is 20.8 Å². The van der Waals surface area contributed by atoms with E-state index < -0.39 is 0 Å². The highest BCUT2D eigenvalue weighted by molar-refractivity contribution is 5.94. The molecule has 0 atom stereocenters. The lowest BCUT2D eigenvalue weighted by Gasteiger charge is -2.15. The molecule has 3 rings (SSSR count). The van der Waals surface area contributed by atoms with Crippen molar-refractivity contribution in [3.8, 4) is 0 Å². The van der Waals surface area contributed by atoms with Crippen LogP contribution in [0.15, 0.2) is 18.2 Å². The Morgan fingerprint density at radius 3 is 2.71 bits per heavy atom. The number of rotatable bonds is 6. The fraction of sp³-hybridized carbons (Fsp3) is 0.579. The number of likely N-dealkylation sites (tertiary alicyclic amines) is 1. The summed E-state index contributed by atoms with van der Waals surface area (Å²) < 4.78 is 2.34. The monoisotopic (exact) mass is 328 g/mol. The highest BCUT2D eigenvalue weighted by Crippen LogP contribution is 2.23. The number of carbonyl (C=O) groups excluding carboxylic acids is 1. The SMILES string of the molecule is CCCn1c(CN2CCCC2)nc2cc(NC(=O)C(C)C)ccc21. The van der Waals surface area contributed by atoms with Gasteiger partial charge in [-0.2, -0.15) is 0 Å². The fourth-order valence-electron chi connectivity index (χ4n) is 3.28. The molecule has 1 N–H and O–H groups in total. The molecule has 0 saturated carbocycles. The molecule has 0 radical (unpaired) electrons. The number of carbonyl (C=O) groups is 1. The maximum atomic E-state index is 11.9. The minimum Gasteiger partial charge on any atom is -0.327 e. The molecule has 5 nitrogen and oxygen atoms in total. The highest BCUT2D eigenvalue weighted by Gasteiger charge is 2.17. The number of benzene rings is 1. The number of fused-ring (bicyclic) bond motifs is 1. The van der Waals surface area contributed by atoms with E-state index in [1.807, 2.05) is 26.0 Å². The van der Waals surface area contributed by atoms with Crippen molar-refractivity contribution in [3.63, 3.8) is 0 Å². The van der Waals surface area contributed by atoms with Crippen LogP contribution in [0.4, 0.5) is 5.69 Å². The zero-order valence-corrected chi connectivity index (χ0v) is 15.0. The van der Waals surface area contributed by atoms with Crippen LogP contribution in [-0.4, -0.2) is 33.4 Å². The molecule has 1 aliphatic heterocycles. The lowest BCUT2D eigenvalue weighted by atomic mass is 10.2. The number of imidazole rings is 1. The van der Waals surface area contributed by atoms with E-state index in [0.29, 0.717) is 0 Å². The van der Waals surface area contributed by atoms with Gasteiger partial charge in [-0.3, -0.25) is 9.69 Å². The molecule has 1 amide bonds. The van der Waals surface area contributed by atoms with Gasteiger partial charge in [-0.25, -0.2) is 4.98 Å². The van der Waals surface area contributed by atoms with E-state index in [9.17, 15) is 4.79 Å². The first kappa shape index (κ1) is 17.0. The first-order valence-corrected chi connectivity index (χ1v) is 9.11. The van der Waals surface area contributed by atoms with Crippen LogP contribution in [0, 0.1) is 5.92 Å². The van der Waals surface area contributed by atoms with E-state index >= 15 is 0 Å². The van der Waals surface area contributed by atoms with Crippen LogP contribution in [0.25, 0.3) is 11.0 Å². The molecular formula is C19H28N4O. The highest BCUT2D eigenvalue weighted by atomic mass is 16.1. The van der Waals surface area contributed by atoms with Crippen molar-refractivity contribution >= 4 is 22.6 Å². The average molecular weight is 328 g/mol. The summed E-state index contributed by atoms with van der Waals surface area (Å²) in [4.78, 5) is 19.3. The summed E-state index contributed by atoms with van der Waals surface area (Å²) in [6.07, 6.45) is 3.67. The van der Waals surface area contributed by atoms with Gasteiger partial charge in [-0.15, -0.1) is 0 Å². The van der Waals surface area contributed by atoms with Crippen molar-refractivity contribution in [2.45, 2.75) is 53.1 Å². The van der Waals surface area contributed by atoms with E-state index in [1.54, 1.807) is 0 Å². The topological polar surface area (TPSA) is 50.2 Å². The van der Waals surface area contributed by atoms with Gasteiger partial charge in [-0.05, 0) is 50.6 Å². The van der Waals surface area contributed by atoms with Crippen LogP contribution in [0.5, 0.6) is 0 Å². The molecule has 130 valence electrons. The van der Waals surface area contributed by atoms with E-state index in [-0.39, 0.29) is 11.8 Å². The Bertz CT molecular complexity index is 713. The quantitative estimate of drug-likeness (QED) is 0.881. The van der Waals surface area contributed by atoms with E-state index in [1.165, 1.54) is 25.9 Å². The predicted molar refractivity (Wildman–Crippen MR) is 98.0 cm³/mol. The number of anilines is 1. The Morgan fingerprint density at radius 2 is 2.04 bits per heavy atom. The van der Waals surface area contributed by atoms with Crippen LogP contribution in [-0.2, 0) is 17.9 Å². The van der Waals surface area contributed by atoms with E-state index in [4.69, 9.17) is 4.98 Å². The summed E-state index contributed by atoms with van der Waals surface area (Å²) in [5.41, 5.74) is 2.96. The van der Waals surface area contributed by atoms with Crippen LogP contribution >= 0.6 is 0 Å². The predicted octanol–water partition coefficient (Wildman–Crippen LogP) is 3.64. The lowest BCUT2D eigenvalue weighted by Crippen LogP contribution is -2.21. The van der Waals surface area contributed by atoms with Crippen molar-refractivity contribution in [1.29, 1.82) is 0 Å². The standard InChI is InChI=1S/C19H28N4O/c1-4-9-23-17-8-7-15(20-19(24)14(2)3)12-16(17)21-18(23)13-22-10-5-6-11-22/h7-8,12,14H,4-6,9-11,13H2,1-3H3,(H,20,24). The van der Waals surface area contributed by atoms with Crippen molar-refractivity contribution in [1.82, 2.24) is 14.5 Å². The van der Waals surface area contributed by atoms with Gasteiger partial charge < -0.3 is 9.88 Å². The molecule has 1 saturated heterocycles. The Hall–Kier alpha value is -1.88. The van der Waals surface area contributed by atoms with Crippen LogP contribution in [0.2, 0.25) is 0 Å². The lowest BCUT2D eigenvalue weighted by molar-refractivity contribution is -0.118. The molecule has 1 fully saturated rings. The molecule has 1 aliphatic rings. The van der Waals surface area contributed by atoms with Crippen molar-refractivity contribution in [2.75, 3.05) is 18.4 Å². The minimum absolute atomic E-state index is 0.0240. The molecule has 0 bridgehead atoms. The average Bonchev–Trinajstić information content (AvgIpc) is 3.16. The Labute approximate surface area is 144 Å². The molecule has 1 aromatic carbocycles. The molecule has 1 aromatic heterocycles. The summed E-state index contributed by atoms with van der Waals surface area (Å²) in [6, 6.07) is 6.06. The molecule has 5 heteroatoms. The number of amides is 1. The number of hydrogen-bond acceptors (Lipinski definition) is 3. The number of aromatic nitrogens is 2. The number of nitrogens with one attached hydrogen (secondary N) is 1. The number of aryl methyl sites for hydroxylation is 1. The van der Waals surface area contributed by atoms with E-state index in [0.717, 1.165) is 42.1 Å². The van der Waals surface area contributed by atoms with Gasteiger partial charge in [0, 0.05) is 18.2 Å².